The molecule has 0 N–H and O–H groups in total. The van der Waals surface area contributed by atoms with Gasteiger partial charge >= 0.3 is 0 Å². The van der Waals surface area contributed by atoms with E-state index in [0.717, 1.165) is 11.1 Å². The van der Waals surface area contributed by atoms with E-state index in [1.54, 1.807) is 30.5 Å². The molecule has 1 aromatic heterocycles. The van der Waals surface area contributed by atoms with Gasteiger partial charge in [0.05, 0.1) is 11.6 Å². The topological polar surface area (TPSA) is 45.9 Å². The largest absolute Gasteiger partial charge is 0.472 e. The van der Waals surface area contributed by atoms with Gasteiger partial charge in [0.2, 0.25) is 5.88 Å². The molecule has 0 aliphatic rings. The molecular weight excluding hydrogens is 274 g/mol. The number of hydrogen-bond acceptors (Lipinski definition) is 3. The number of aromatic nitrogens is 1. The lowest BCUT2D eigenvalue weighted by Crippen LogP contribution is -2.08. The molecule has 1 heterocycles. The summed E-state index contributed by atoms with van der Waals surface area (Å²) in [6, 6.07) is 12.8. The van der Waals surface area contributed by atoms with E-state index in [1.165, 1.54) is 0 Å². The van der Waals surface area contributed by atoms with Crippen molar-refractivity contribution >= 4 is 0 Å². The predicted molar refractivity (Wildman–Crippen MR) is 74.4 cm³/mol. The molecule has 0 bridgehead atoms. The number of nitriles is 1. The van der Waals surface area contributed by atoms with Gasteiger partial charge in [-0.1, -0.05) is 25.1 Å². The van der Waals surface area contributed by atoms with Crippen molar-refractivity contribution in [3.63, 3.8) is 0 Å². The molecule has 0 radical (unpaired) electrons. The smallest absolute Gasteiger partial charge is 0.272 e. The van der Waals surface area contributed by atoms with Crippen LogP contribution < -0.4 is 4.74 Å². The Bertz CT molecular complexity index is 618. The molecule has 5 heteroatoms. The lowest BCUT2D eigenvalue weighted by molar-refractivity contribution is 0.0796. The fourth-order valence-electron chi connectivity index (χ4n) is 1.92. The second kappa shape index (κ2) is 6.80. The zero-order valence-electron chi connectivity index (χ0n) is 11.5. The highest BCUT2D eigenvalue weighted by Crippen LogP contribution is 2.24. The van der Waals surface area contributed by atoms with E-state index in [2.05, 4.69) is 11.1 Å². The van der Waals surface area contributed by atoms with Gasteiger partial charge in [-0.05, 0) is 23.3 Å². The second-order valence-electron chi connectivity index (χ2n) is 4.59. The van der Waals surface area contributed by atoms with Gasteiger partial charge in [0.15, 0.2) is 6.61 Å². The molecule has 0 aliphatic carbocycles. The molecule has 2 rings (SSSR count). The van der Waals surface area contributed by atoms with Crippen LogP contribution in [0.5, 0.6) is 5.88 Å². The van der Waals surface area contributed by atoms with Crippen molar-refractivity contribution in [1.29, 1.82) is 5.26 Å². The number of pyridine rings is 1. The van der Waals surface area contributed by atoms with Crippen LogP contribution in [0.3, 0.4) is 0 Å². The molecule has 0 spiro atoms. The summed E-state index contributed by atoms with van der Waals surface area (Å²) < 4.78 is 28.9. The maximum atomic E-state index is 12.0. The van der Waals surface area contributed by atoms with Gasteiger partial charge in [0.25, 0.3) is 6.43 Å². The average Bonchev–Trinajstić information content (AvgIpc) is 2.53. The zero-order chi connectivity index (χ0) is 15.2. The Morgan fingerprint density at radius 2 is 1.81 bits per heavy atom. The molecule has 0 saturated carbocycles. The number of ether oxygens (including phenoxy) is 1. The second-order valence-corrected chi connectivity index (χ2v) is 4.59. The standard InChI is InChI=1S/C16H14F2N2O/c1-11(13-4-2-12(8-19)3-5-13)14-6-7-16(20-9-14)21-10-15(17)18/h2-7,9,11,15H,10H2,1H3. The van der Waals surface area contributed by atoms with Crippen molar-refractivity contribution < 1.29 is 13.5 Å². The van der Waals surface area contributed by atoms with E-state index < -0.39 is 13.0 Å². The first-order valence-corrected chi connectivity index (χ1v) is 6.47. The average molecular weight is 288 g/mol. The van der Waals surface area contributed by atoms with Gasteiger partial charge in [-0.3, -0.25) is 0 Å². The summed E-state index contributed by atoms with van der Waals surface area (Å²) in [7, 11) is 0. The quantitative estimate of drug-likeness (QED) is 0.841. The number of benzene rings is 1. The zero-order valence-corrected chi connectivity index (χ0v) is 11.5. The molecule has 0 aliphatic heterocycles. The summed E-state index contributed by atoms with van der Waals surface area (Å²) in [6.45, 7) is 1.36. The van der Waals surface area contributed by atoms with E-state index in [9.17, 15) is 8.78 Å². The number of hydrogen-bond donors (Lipinski definition) is 0. The van der Waals surface area contributed by atoms with Crippen LogP contribution in [0.15, 0.2) is 42.6 Å². The molecule has 0 amide bonds. The normalized spacial score (nSPS) is 12.0. The maximum Gasteiger partial charge on any atom is 0.272 e. The van der Waals surface area contributed by atoms with E-state index in [-0.39, 0.29) is 11.8 Å². The van der Waals surface area contributed by atoms with Gasteiger partial charge < -0.3 is 4.74 Å². The fourth-order valence-corrected chi connectivity index (χ4v) is 1.92. The van der Waals surface area contributed by atoms with Crippen LogP contribution in [-0.2, 0) is 0 Å². The molecule has 0 saturated heterocycles. The van der Waals surface area contributed by atoms with Crippen molar-refractivity contribution in [2.75, 3.05) is 6.61 Å². The van der Waals surface area contributed by atoms with Crippen LogP contribution >= 0.6 is 0 Å². The van der Waals surface area contributed by atoms with E-state index in [1.807, 2.05) is 19.1 Å². The number of halogens is 2. The van der Waals surface area contributed by atoms with Crippen LogP contribution in [-0.4, -0.2) is 18.0 Å². The number of alkyl halides is 2. The van der Waals surface area contributed by atoms with Gasteiger partial charge in [-0.25, -0.2) is 13.8 Å². The highest BCUT2D eigenvalue weighted by Gasteiger charge is 2.10. The monoisotopic (exact) mass is 288 g/mol. The number of rotatable bonds is 5. The van der Waals surface area contributed by atoms with Crippen molar-refractivity contribution in [2.24, 2.45) is 0 Å². The van der Waals surface area contributed by atoms with E-state index >= 15 is 0 Å². The highest BCUT2D eigenvalue weighted by molar-refractivity contribution is 5.37. The molecule has 108 valence electrons. The summed E-state index contributed by atoms with van der Waals surface area (Å²) in [5.74, 6) is 0.278. The summed E-state index contributed by atoms with van der Waals surface area (Å²) in [4.78, 5) is 4.02. The molecule has 21 heavy (non-hydrogen) atoms. The fraction of sp³-hybridized carbons (Fsp3) is 0.250. The Kier molecular flexibility index (Phi) is 4.83. The van der Waals surface area contributed by atoms with Gasteiger partial charge in [-0.15, -0.1) is 0 Å². The molecule has 1 atom stereocenters. The summed E-state index contributed by atoms with van der Waals surface area (Å²) in [5, 5.41) is 8.78. The molecular formula is C16H14F2N2O. The van der Waals surface area contributed by atoms with Crippen molar-refractivity contribution in [3.05, 3.63) is 59.3 Å². The third-order valence-electron chi connectivity index (χ3n) is 3.16. The Labute approximate surface area is 121 Å². The van der Waals surface area contributed by atoms with Crippen molar-refractivity contribution in [1.82, 2.24) is 4.98 Å². The van der Waals surface area contributed by atoms with E-state index in [0.29, 0.717) is 5.56 Å². The minimum absolute atomic E-state index is 0.0920. The summed E-state index contributed by atoms with van der Waals surface area (Å²) in [6.07, 6.45) is -0.895. The first-order chi connectivity index (χ1) is 10.1. The van der Waals surface area contributed by atoms with Crippen LogP contribution in [0.1, 0.15) is 29.5 Å². The third-order valence-corrected chi connectivity index (χ3v) is 3.16. The Morgan fingerprint density at radius 3 is 2.33 bits per heavy atom. The minimum atomic E-state index is -2.51. The van der Waals surface area contributed by atoms with Crippen LogP contribution in [0.4, 0.5) is 8.78 Å². The Balaban J connectivity index is 2.08. The maximum absolute atomic E-state index is 12.0. The molecule has 1 unspecified atom stereocenters. The van der Waals surface area contributed by atoms with Gasteiger partial charge in [0.1, 0.15) is 0 Å². The first kappa shape index (κ1) is 14.9. The lowest BCUT2D eigenvalue weighted by atomic mass is 9.94. The summed E-state index contributed by atoms with van der Waals surface area (Å²) in [5.41, 5.74) is 2.61. The molecule has 2 aromatic rings. The predicted octanol–water partition coefficient (Wildman–Crippen LogP) is 3.75. The lowest BCUT2D eigenvalue weighted by Gasteiger charge is -2.13. The van der Waals surface area contributed by atoms with Gasteiger partial charge in [-0.2, -0.15) is 5.26 Å². The molecule has 1 aromatic carbocycles. The minimum Gasteiger partial charge on any atom is -0.472 e. The summed E-state index contributed by atoms with van der Waals surface area (Å²) >= 11 is 0. The number of nitrogens with zero attached hydrogens (tertiary/aromatic N) is 2. The van der Waals surface area contributed by atoms with Gasteiger partial charge in [0, 0.05) is 18.2 Å². The van der Waals surface area contributed by atoms with Crippen molar-refractivity contribution in [2.45, 2.75) is 19.3 Å². The highest BCUT2D eigenvalue weighted by atomic mass is 19.3. The third kappa shape index (κ3) is 3.99. The first-order valence-electron chi connectivity index (χ1n) is 6.47. The van der Waals surface area contributed by atoms with Crippen molar-refractivity contribution in [3.8, 4) is 11.9 Å². The van der Waals surface area contributed by atoms with Crippen LogP contribution in [0.2, 0.25) is 0 Å². The van der Waals surface area contributed by atoms with Crippen LogP contribution in [0, 0.1) is 11.3 Å². The SMILES string of the molecule is CC(c1ccc(C#N)cc1)c1ccc(OCC(F)F)nc1. The van der Waals surface area contributed by atoms with Crippen LogP contribution in [0.25, 0.3) is 0 Å². The molecule has 3 nitrogen and oxygen atoms in total. The van der Waals surface area contributed by atoms with E-state index in [4.69, 9.17) is 10.00 Å². The molecule has 0 fully saturated rings. The Hall–Kier alpha value is -2.48. The Morgan fingerprint density at radius 1 is 1.14 bits per heavy atom.